The van der Waals surface area contributed by atoms with Crippen LogP contribution in [0.4, 0.5) is 0 Å². The van der Waals surface area contributed by atoms with E-state index in [1.807, 2.05) is 38.2 Å². The number of aryl methyl sites for hydroxylation is 1. The first-order chi connectivity index (χ1) is 9.61. The molecule has 2 rings (SSSR count). The molecule has 0 fully saturated rings. The molecule has 0 radical (unpaired) electrons. The minimum atomic E-state index is -0.00541. The molecule has 1 aromatic heterocycles. The van der Waals surface area contributed by atoms with Gasteiger partial charge < -0.3 is 11.1 Å². The lowest BCUT2D eigenvalue weighted by atomic mass is 10.0. The first-order valence-electron chi connectivity index (χ1n) is 6.63. The smallest absolute Gasteiger partial charge is 0.224 e. The summed E-state index contributed by atoms with van der Waals surface area (Å²) in [5.74, 6) is -0.00541. The van der Waals surface area contributed by atoms with Crippen molar-refractivity contribution in [3.05, 3.63) is 52.8 Å². The van der Waals surface area contributed by atoms with Gasteiger partial charge in [-0.25, -0.2) is 0 Å². The Morgan fingerprint density at radius 1 is 1.30 bits per heavy atom. The fraction of sp³-hybridized carbons (Fsp3) is 0.333. The van der Waals surface area contributed by atoms with Crippen LogP contribution in [0.5, 0.6) is 0 Å². The molecule has 0 aliphatic heterocycles. The number of hydrogen-bond acceptors (Lipinski definition) is 3. The van der Waals surface area contributed by atoms with Gasteiger partial charge in [0.15, 0.2) is 0 Å². The minimum absolute atomic E-state index is 0.00541. The van der Waals surface area contributed by atoms with Crippen molar-refractivity contribution in [3.63, 3.8) is 0 Å². The summed E-state index contributed by atoms with van der Waals surface area (Å²) in [6.45, 7) is 2.94. The van der Waals surface area contributed by atoms with Crippen LogP contribution in [0.15, 0.2) is 30.5 Å². The van der Waals surface area contributed by atoms with Gasteiger partial charge in [0.25, 0.3) is 0 Å². The van der Waals surface area contributed by atoms with E-state index in [4.69, 9.17) is 5.73 Å². The Bertz CT molecular complexity index is 604. The maximum atomic E-state index is 12.0. The van der Waals surface area contributed by atoms with Crippen LogP contribution in [0.1, 0.15) is 22.4 Å². The highest BCUT2D eigenvalue weighted by Crippen LogP contribution is 2.09. The van der Waals surface area contributed by atoms with Gasteiger partial charge >= 0.3 is 0 Å². The molecule has 0 aliphatic rings. The summed E-state index contributed by atoms with van der Waals surface area (Å²) in [6.07, 6.45) is 2.14. The third-order valence-corrected chi connectivity index (χ3v) is 3.50. The zero-order valence-corrected chi connectivity index (χ0v) is 11.9. The maximum Gasteiger partial charge on any atom is 0.224 e. The van der Waals surface area contributed by atoms with Crippen LogP contribution < -0.4 is 11.1 Å². The molecule has 0 unspecified atom stereocenters. The molecule has 5 heteroatoms. The van der Waals surface area contributed by atoms with Crippen LogP contribution in [-0.4, -0.2) is 15.7 Å². The quantitative estimate of drug-likeness (QED) is 0.854. The number of carbonyl (C=O) groups is 1. The summed E-state index contributed by atoms with van der Waals surface area (Å²) in [5.41, 5.74) is 9.77. The Labute approximate surface area is 118 Å². The molecular weight excluding hydrogens is 252 g/mol. The minimum Gasteiger partial charge on any atom is -0.352 e. The summed E-state index contributed by atoms with van der Waals surface area (Å²) in [4.78, 5) is 12.0. The highest BCUT2D eigenvalue weighted by Gasteiger charge is 2.08. The molecule has 3 N–H and O–H groups in total. The number of nitrogens with two attached hydrogens (primary N) is 1. The molecule has 1 heterocycles. The Morgan fingerprint density at radius 2 is 2.00 bits per heavy atom. The van der Waals surface area contributed by atoms with E-state index in [-0.39, 0.29) is 5.91 Å². The lowest BCUT2D eigenvalue weighted by Gasteiger charge is -2.08. The van der Waals surface area contributed by atoms with E-state index in [9.17, 15) is 4.79 Å². The average molecular weight is 272 g/mol. The van der Waals surface area contributed by atoms with Gasteiger partial charge in [-0.3, -0.25) is 9.48 Å². The summed E-state index contributed by atoms with van der Waals surface area (Å²) in [5, 5.41) is 7.07. The van der Waals surface area contributed by atoms with Crippen molar-refractivity contribution in [1.29, 1.82) is 0 Å². The molecule has 0 spiro atoms. The zero-order chi connectivity index (χ0) is 14.5. The first-order valence-corrected chi connectivity index (χ1v) is 6.63. The molecule has 1 aromatic carbocycles. The SMILES string of the molecule is Cc1c(CNC(=O)Cc2ccccc2CN)cnn1C. The fourth-order valence-electron chi connectivity index (χ4n) is 2.08. The van der Waals surface area contributed by atoms with Gasteiger partial charge in [-0.05, 0) is 18.1 Å². The number of benzene rings is 1. The third-order valence-electron chi connectivity index (χ3n) is 3.50. The van der Waals surface area contributed by atoms with E-state index in [0.717, 1.165) is 22.4 Å². The lowest BCUT2D eigenvalue weighted by Crippen LogP contribution is -2.25. The molecule has 0 bridgehead atoms. The van der Waals surface area contributed by atoms with Crippen molar-refractivity contribution in [2.24, 2.45) is 12.8 Å². The van der Waals surface area contributed by atoms with Gasteiger partial charge in [0.2, 0.25) is 5.91 Å². The van der Waals surface area contributed by atoms with Crippen LogP contribution in [-0.2, 0) is 31.4 Å². The molecule has 5 nitrogen and oxygen atoms in total. The predicted molar refractivity (Wildman–Crippen MR) is 77.8 cm³/mol. The van der Waals surface area contributed by atoms with Crippen LogP contribution in [0.3, 0.4) is 0 Å². The van der Waals surface area contributed by atoms with Crippen molar-refractivity contribution < 1.29 is 4.79 Å². The van der Waals surface area contributed by atoms with E-state index in [2.05, 4.69) is 10.4 Å². The Balaban J connectivity index is 1.94. The van der Waals surface area contributed by atoms with Gasteiger partial charge in [0, 0.05) is 31.4 Å². The second-order valence-electron chi connectivity index (χ2n) is 4.81. The normalized spacial score (nSPS) is 10.6. The fourth-order valence-corrected chi connectivity index (χ4v) is 2.08. The van der Waals surface area contributed by atoms with Crippen LogP contribution in [0.25, 0.3) is 0 Å². The molecule has 1 amide bonds. The summed E-state index contributed by atoms with van der Waals surface area (Å²) >= 11 is 0. The van der Waals surface area contributed by atoms with E-state index >= 15 is 0 Å². The third kappa shape index (κ3) is 3.24. The molecule has 20 heavy (non-hydrogen) atoms. The Kier molecular flexibility index (Phi) is 4.53. The first kappa shape index (κ1) is 14.3. The molecule has 0 aliphatic carbocycles. The monoisotopic (exact) mass is 272 g/mol. The van der Waals surface area contributed by atoms with Crippen molar-refractivity contribution in [2.45, 2.75) is 26.4 Å². The second-order valence-corrected chi connectivity index (χ2v) is 4.81. The van der Waals surface area contributed by atoms with Crippen molar-refractivity contribution >= 4 is 5.91 Å². The molecular formula is C15H20N4O. The number of aromatic nitrogens is 2. The molecule has 0 saturated heterocycles. The van der Waals surface area contributed by atoms with E-state index in [1.165, 1.54) is 0 Å². The topological polar surface area (TPSA) is 72.9 Å². The number of hydrogen-bond donors (Lipinski definition) is 2. The van der Waals surface area contributed by atoms with Gasteiger partial charge in [-0.2, -0.15) is 5.10 Å². The maximum absolute atomic E-state index is 12.0. The number of carbonyl (C=O) groups excluding carboxylic acids is 1. The van der Waals surface area contributed by atoms with Crippen molar-refractivity contribution in [1.82, 2.24) is 15.1 Å². The van der Waals surface area contributed by atoms with E-state index in [0.29, 0.717) is 19.5 Å². The number of nitrogens with zero attached hydrogens (tertiary/aromatic N) is 2. The zero-order valence-electron chi connectivity index (χ0n) is 11.9. The Morgan fingerprint density at radius 3 is 2.60 bits per heavy atom. The van der Waals surface area contributed by atoms with E-state index in [1.54, 1.807) is 10.9 Å². The van der Waals surface area contributed by atoms with Gasteiger partial charge in [-0.1, -0.05) is 24.3 Å². The van der Waals surface area contributed by atoms with Gasteiger partial charge in [-0.15, -0.1) is 0 Å². The average Bonchev–Trinajstić information content (AvgIpc) is 2.77. The second kappa shape index (κ2) is 6.34. The predicted octanol–water partition coefficient (Wildman–Crippen LogP) is 1.05. The lowest BCUT2D eigenvalue weighted by molar-refractivity contribution is -0.120. The standard InChI is InChI=1S/C15H20N4O/c1-11-14(10-18-19(11)2)9-17-15(20)7-12-5-3-4-6-13(12)8-16/h3-6,10H,7-9,16H2,1-2H3,(H,17,20). The molecule has 106 valence electrons. The Hall–Kier alpha value is -2.14. The molecule has 0 saturated carbocycles. The van der Waals surface area contributed by atoms with Crippen molar-refractivity contribution in [2.75, 3.05) is 0 Å². The van der Waals surface area contributed by atoms with Crippen LogP contribution in [0.2, 0.25) is 0 Å². The summed E-state index contributed by atoms with van der Waals surface area (Å²) in [7, 11) is 1.89. The van der Waals surface area contributed by atoms with Gasteiger partial charge in [0.05, 0.1) is 12.6 Å². The summed E-state index contributed by atoms with van der Waals surface area (Å²) < 4.78 is 1.80. The van der Waals surface area contributed by atoms with Gasteiger partial charge in [0.1, 0.15) is 0 Å². The largest absolute Gasteiger partial charge is 0.352 e. The highest BCUT2D eigenvalue weighted by atomic mass is 16.1. The van der Waals surface area contributed by atoms with Crippen LogP contribution in [0, 0.1) is 6.92 Å². The van der Waals surface area contributed by atoms with E-state index < -0.39 is 0 Å². The number of amides is 1. The van der Waals surface area contributed by atoms with Crippen LogP contribution >= 0.6 is 0 Å². The van der Waals surface area contributed by atoms with Crippen molar-refractivity contribution in [3.8, 4) is 0 Å². The summed E-state index contributed by atoms with van der Waals surface area (Å²) in [6, 6.07) is 7.75. The number of nitrogens with one attached hydrogen (secondary N) is 1. The highest BCUT2D eigenvalue weighted by molar-refractivity contribution is 5.78. The molecule has 2 aromatic rings. The number of rotatable bonds is 5. The molecule has 0 atom stereocenters.